The molecule has 0 radical (unpaired) electrons. The van der Waals surface area contributed by atoms with Gasteiger partial charge in [-0.15, -0.1) is 0 Å². The summed E-state index contributed by atoms with van der Waals surface area (Å²) in [5.41, 5.74) is 3.79. The van der Waals surface area contributed by atoms with Crippen molar-refractivity contribution in [3.8, 4) is 0 Å². The van der Waals surface area contributed by atoms with Gasteiger partial charge in [-0.2, -0.15) is 5.10 Å². The summed E-state index contributed by atoms with van der Waals surface area (Å²) in [5.74, 6) is 0. The number of aromatic nitrogens is 2. The Labute approximate surface area is 155 Å². The van der Waals surface area contributed by atoms with Gasteiger partial charge in [-0.3, -0.25) is 9.80 Å². The van der Waals surface area contributed by atoms with Crippen LogP contribution >= 0.6 is 0 Å². The summed E-state index contributed by atoms with van der Waals surface area (Å²) < 4.78 is 1.84. The Kier molecular flexibility index (Phi) is 4.94. The van der Waals surface area contributed by atoms with Crippen molar-refractivity contribution in [2.24, 2.45) is 0 Å². The average molecular weight is 352 g/mol. The Morgan fingerprint density at radius 2 is 2.04 bits per heavy atom. The molecule has 1 aromatic heterocycles. The molecule has 1 N–H and O–H groups in total. The van der Waals surface area contributed by atoms with Gasteiger partial charge in [0.15, 0.2) is 0 Å². The maximum absolute atomic E-state index is 10.1. The predicted molar refractivity (Wildman–Crippen MR) is 104 cm³/mol. The van der Waals surface area contributed by atoms with Gasteiger partial charge in [0, 0.05) is 55.7 Å². The van der Waals surface area contributed by atoms with Gasteiger partial charge in [0.25, 0.3) is 0 Å². The highest BCUT2D eigenvalue weighted by molar-refractivity contribution is 5.26. The van der Waals surface area contributed by atoms with E-state index in [2.05, 4.69) is 58.7 Å². The highest BCUT2D eigenvalue weighted by atomic mass is 16.3. The molecule has 2 aliphatic heterocycles. The third-order valence-corrected chi connectivity index (χ3v) is 5.92. The van der Waals surface area contributed by atoms with E-state index in [9.17, 15) is 5.11 Å². The minimum Gasteiger partial charge on any atom is -0.392 e. The lowest BCUT2D eigenvalue weighted by molar-refractivity contribution is 0.0444. The van der Waals surface area contributed by atoms with Gasteiger partial charge in [0.1, 0.15) is 0 Å². The van der Waals surface area contributed by atoms with E-state index in [0.29, 0.717) is 12.1 Å². The first-order valence-corrected chi connectivity index (χ1v) is 9.49. The second kappa shape index (κ2) is 7.35. The molecule has 5 heteroatoms. The quantitative estimate of drug-likeness (QED) is 0.896. The van der Waals surface area contributed by atoms with Gasteiger partial charge in [0.05, 0.1) is 12.3 Å². The minimum absolute atomic E-state index is 0.178. The van der Waals surface area contributed by atoms with Crippen molar-refractivity contribution in [2.45, 2.75) is 44.5 Å². The first-order chi connectivity index (χ1) is 12.6. The zero-order valence-corrected chi connectivity index (χ0v) is 15.5. The SMILES string of the molecule is C=Cn1ncc(CN2C[C@@H]3C[C@@H](O)CN3C[C@@H]2Cc2ccccc2)c1C. The van der Waals surface area contributed by atoms with Crippen LogP contribution in [0.2, 0.25) is 0 Å². The van der Waals surface area contributed by atoms with Crippen LogP contribution in [0, 0.1) is 6.92 Å². The van der Waals surface area contributed by atoms with Crippen LogP contribution in [0.3, 0.4) is 0 Å². The van der Waals surface area contributed by atoms with E-state index in [1.165, 1.54) is 11.1 Å². The van der Waals surface area contributed by atoms with Gasteiger partial charge < -0.3 is 5.11 Å². The zero-order valence-electron chi connectivity index (χ0n) is 15.5. The molecule has 0 unspecified atom stereocenters. The van der Waals surface area contributed by atoms with E-state index < -0.39 is 0 Å². The van der Waals surface area contributed by atoms with Crippen LogP contribution in [0.1, 0.15) is 23.2 Å². The Hall–Kier alpha value is -1.95. The van der Waals surface area contributed by atoms with Gasteiger partial charge in [0.2, 0.25) is 0 Å². The second-order valence-electron chi connectivity index (χ2n) is 7.65. The lowest BCUT2D eigenvalue weighted by Crippen LogP contribution is -2.56. The highest BCUT2D eigenvalue weighted by Crippen LogP contribution is 2.28. The summed E-state index contributed by atoms with van der Waals surface area (Å²) in [6, 6.07) is 11.6. The monoisotopic (exact) mass is 352 g/mol. The highest BCUT2D eigenvalue weighted by Gasteiger charge is 2.39. The summed E-state index contributed by atoms with van der Waals surface area (Å²) in [6.45, 7) is 9.67. The summed E-state index contributed by atoms with van der Waals surface area (Å²) >= 11 is 0. The molecule has 4 rings (SSSR count). The summed E-state index contributed by atoms with van der Waals surface area (Å²) in [5, 5.41) is 14.5. The van der Waals surface area contributed by atoms with E-state index in [-0.39, 0.29) is 6.10 Å². The molecule has 2 aromatic rings. The fourth-order valence-electron chi connectivity index (χ4n) is 4.47. The number of hydrogen-bond acceptors (Lipinski definition) is 4. The van der Waals surface area contributed by atoms with Crippen molar-refractivity contribution >= 4 is 6.20 Å². The van der Waals surface area contributed by atoms with Crippen LogP contribution in [-0.4, -0.2) is 62.5 Å². The lowest BCUT2D eigenvalue weighted by atomic mass is 9.99. The predicted octanol–water partition coefficient (Wildman–Crippen LogP) is 2.15. The summed E-state index contributed by atoms with van der Waals surface area (Å²) in [6.07, 6.45) is 5.47. The maximum Gasteiger partial charge on any atom is 0.0682 e. The molecular weight excluding hydrogens is 324 g/mol. The molecule has 0 spiro atoms. The number of nitrogens with zero attached hydrogens (tertiary/aromatic N) is 4. The minimum atomic E-state index is -0.178. The number of fused-ring (bicyclic) bond motifs is 1. The van der Waals surface area contributed by atoms with Crippen LogP contribution < -0.4 is 0 Å². The van der Waals surface area contributed by atoms with Crippen molar-refractivity contribution in [3.63, 3.8) is 0 Å². The van der Waals surface area contributed by atoms with E-state index >= 15 is 0 Å². The molecule has 138 valence electrons. The summed E-state index contributed by atoms with van der Waals surface area (Å²) in [7, 11) is 0. The number of aliphatic hydroxyl groups is 1. The fourth-order valence-corrected chi connectivity index (χ4v) is 4.47. The van der Waals surface area contributed by atoms with Crippen molar-refractivity contribution in [2.75, 3.05) is 19.6 Å². The molecule has 2 saturated heterocycles. The summed E-state index contributed by atoms with van der Waals surface area (Å²) in [4.78, 5) is 5.07. The van der Waals surface area contributed by atoms with Crippen LogP contribution in [-0.2, 0) is 13.0 Å². The van der Waals surface area contributed by atoms with Crippen LogP contribution in [0.25, 0.3) is 6.20 Å². The molecule has 1 aromatic carbocycles. The molecule has 26 heavy (non-hydrogen) atoms. The first-order valence-electron chi connectivity index (χ1n) is 9.49. The normalized spacial score (nSPS) is 26.8. The smallest absolute Gasteiger partial charge is 0.0682 e. The van der Waals surface area contributed by atoms with Crippen LogP contribution in [0.15, 0.2) is 43.1 Å². The molecule has 5 nitrogen and oxygen atoms in total. The third-order valence-electron chi connectivity index (χ3n) is 5.92. The molecule has 0 saturated carbocycles. The van der Waals surface area contributed by atoms with Crippen molar-refractivity contribution in [1.29, 1.82) is 0 Å². The van der Waals surface area contributed by atoms with Crippen molar-refractivity contribution in [1.82, 2.24) is 19.6 Å². The molecular formula is C21H28N4O. The Balaban J connectivity index is 1.55. The van der Waals surface area contributed by atoms with Gasteiger partial charge in [-0.1, -0.05) is 36.9 Å². The Morgan fingerprint density at radius 3 is 2.77 bits per heavy atom. The molecule has 2 aliphatic rings. The topological polar surface area (TPSA) is 44.5 Å². The second-order valence-corrected chi connectivity index (χ2v) is 7.65. The van der Waals surface area contributed by atoms with Crippen molar-refractivity contribution < 1.29 is 5.11 Å². The number of rotatable bonds is 5. The van der Waals surface area contributed by atoms with E-state index in [4.69, 9.17) is 0 Å². The standard InChI is InChI=1S/C21H28N4O/c1-3-25-16(2)18(11-22-25)12-23-14-20-10-21(26)15-24(20)13-19(23)9-17-7-5-4-6-8-17/h3-8,11,19-21,26H,1,9-10,12-15H2,2H3/t19-,20-,21+/m0/s1. The molecule has 3 heterocycles. The molecule has 3 atom stereocenters. The molecule has 0 amide bonds. The lowest BCUT2D eigenvalue weighted by Gasteiger charge is -2.43. The van der Waals surface area contributed by atoms with Crippen LogP contribution in [0.4, 0.5) is 0 Å². The number of hydrogen-bond donors (Lipinski definition) is 1. The van der Waals surface area contributed by atoms with E-state index in [0.717, 1.165) is 44.7 Å². The Morgan fingerprint density at radius 1 is 1.23 bits per heavy atom. The largest absolute Gasteiger partial charge is 0.392 e. The zero-order chi connectivity index (χ0) is 18.1. The van der Waals surface area contributed by atoms with E-state index in [1.807, 2.05) is 10.9 Å². The molecule has 0 bridgehead atoms. The third kappa shape index (κ3) is 3.47. The fraction of sp³-hybridized carbons (Fsp3) is 0.476. The molecule has 2 fully saturated rings. The molecule has 0 aliphatic carbocycles. The van der Waals surface area contributed by atoms with Crippen molar-refractivity contribution in [3.05, 3.63) is 59.9 Å². The Bertz CT molecular complexity index is 757. The van der Waals surface area contributed by atoms with E-state index in [1.54, 1.807) is 6.20 Å². The number of benzene rings is 1. The van der Waals surface area contributed by atoms with Crippen LogP contribution in [0.5, 0.6) is 0 Å². The maximum atomic E-state index is 10.1. The average Bonchev–Trinajstić information content (AvgIpc) is 3.17. The number of aliphatic hydroxyl groups excluding tert-OH is 1. The van der Waals surface area contributed by atoms with Gasteiger partial charge >= 0.3 is 0 Å². The van der Waals surface area contributed by atoms with Gasteiger partial charge in [-0.25, -0.2) is 4.68 Å². The van der Waals surface area contributed by atoms with Gasteiger partial charge in [-0.05, 0) is 25.3 Å². The number of piperazine rings is 1. The first kappa shape index (κ1) is 17.5.